The van der Waals surface area contributed by atoms with Crippen molar-refractivity contribution in [2.45, 2.75) is 58.4 Å². The second kappa shape index (κ2) is 4.77. The monoisotopic (exact) mass is 232 g/mol. The van der Waals surface area contributed by atoms with E-state index in [0.717, 1.165) is 6.42 Å². The van der Waals surface area contributed by atoms with Crippen LogP contribution in [-0.4, -0.2) is 11.0 Å². The van der Waals surface area contributed by atoms with Gasteiger partial charge in [-0.15, -0.1) is 0 Å². The van der Waals surface area contributed by atoms with E-state index < -0.39 is 0 Å². The molecule has 2 heteroatoms. The summed E-state index contributed by atoms with van der Waals surface area (Å²) in [4.78, 5) is 4.59. The third-order valence-electron chi connectivity index (χ3n) is 4.49. The highest BCUT2D eigenvalue weighted by atomic mass is 14.8. The summed E-state index contributed by atoms with van der Waals surface area (Å²) in [7, 11) is 0. The van der Waals surface area contributed by atoms with Crippen LogP contribution in [0.3, 0.4) is 0 Å². The van der Waals surface area contributed by atoms with Gasteiger partial charge in [-0.25, -0.2) is 0 Å². The molecule has 0 saturated heterocycles. The second-order valence-electron chi connectivity index (χ2n) is 5.91. The number of nitrogens with zero attached hydrogens (tertiary/aromatic N) is 1. The Kier molecular flexibility index (Phi) is 3.53. The van der Waals surface area contributed by atoms with Crippen LogP contribution in [0.25, 0.3) is 0 Å². The van der Waals surface area contributed by atoms with Crippen LogP contribution < -0.4 is 5.73 Å². The van der Waals surface area contributed by atoms with Crippen molar-refractivity contribution < 1.29 is 0 Å². The number of pyridine rings is 1. The lowest BCUT2D eigenvalue weighted by Gasteiger charge is -2.38. The number of aromatic nitrogens is 1. The fourth-order valence-corrected chi connectivity index (χ4v) is 2.78. The van der Waals surface area contributed by atoms with Crippen LogP contribution in [0.4, 0.5) is 0 Å². The lowest BCUT2D eigenvalue weighted by atomic mass is 9.71. The van der Waals surface area contributed by atoms with E-state index in [1.807, 2.05) is 12.3 Å². The maximum Gasteiger partial charge on any atom is 0.0482 e. The first-order valence-electron chi connectivity index (χ1n) is 6.75. The molecule has 1 aromatic heterocycles. The van der Waals surface area contributed by atoms with Crippen molar-refractivity contribution in [3.63, 3.8) is 0 Å². The largest absolute Gasteiger partial charge is 0.327 e. The summed E-state index contributed by atoms with van der Waals surface area (Å²) in [6.07, 6.45) is 6.63. The van der Waals surface area contributed by atoms with Gasteiger partial charge < -0.3 is 5.73 Å². The molecule has 0 amide bonds. The van der Waals surface area contributed by atoms with Gasteiger partial charge in [0, 0.05) is 23.9 Å². The first kappa shape index (κ1) is 12.6. The molecule has 1 aliphatic carbocycles. The molecule has 1 heterocycles. The van der Waals surface area contributed by atoms with Crippen molar-refractivity contribution in [3.8, 4) is 0 Å². The fourth-order valence-electron chi connectivity index (χ4n) is 2.78. The van der Waals surface area contributed by atoms with Crippen LogP contribution in [0.2, 0.25) is 0 Å². The molecule has 0 aliphatic heterocycles. The number of aryl methyl sites for hydroxylation is 1. The van der Waals surface area contributed by atoms with E-state index in [-0.39, 0.29) is 11.5 Å². The number of hydrogen-bond acceptors (Lipinski definition) is 2. The first-order chi connectivity index (χ1) is 8.06. The molecule has 0 spiro atoms. The van der Waals surface area contributed by atoms with Gasteiger partial charge in [-0.2, -0.15) is 0 Å². The molecule has 0 saturated carbocycles. The predicted molar refractivity (Wildman–Crippen MR) is 72.0 cm³/mol. The van der Waals surface area contributed by atoms with E-state index in [4.69, 9.17) is 5.73 Å². The zero-order chi connectivity index (χ0) is 12.5. The number of rotatable bonds is 3. The van der Waals surface area contributed by atoms with Crippen LogP contribution in [0.15, 0.2) is 18.3 Å². The summed E-state index contributed by atoms with van der Waals surface area (Å²) in [6, 6.07) is 4.46. The normalized spacial score (nSPS) is 22.0. The molecule has 94 valence electrons. The van der Waals surface area contributed by atoms with Gasteiger partial charge in [0.15, 0.2) is 0 Å². The van der Waals surface area contributed by atoms with E-state index in [1.165, 1.54) is 30.5 Å². The second-order valence-corrected chi connectivity index (χ2v) is 5.91. The molecular weight excluding hydrogens is 208 g/mol. The summed E-state index contributed by atoms with van der Waals surface area (Å²) in [5.74, 6) is 0.440. The highest BCUT2D eigenvalue weighted by molar-refractivity contribution is 5.27. The van der Waals surface area contributed by atoms with E-state index in [9.17, 15) is 0 Å². The van der Waals surface area contributed by atoms with Crippen molar-refractivity contribution in [1.29, 1.82) is 0 Å². The third-order valence-corrected chi connectivity index (χ3v) is 4.49. The Balaban J connectivity index is 2.30. The van der Waals surface area contributed by atoms with Gasteiger partial charge in [0.05, 0.1) is 0 Å². The minimum atomic E-state index is 0.191. The third kappa shape index (κ3) is 2.37. The van der Waals surface area contributed by atoms with Crippen LogP contribution in [0.5, 0.6) is 0 Å². The molecule has 0 aromatic carbocycles. The highest BCUT2D eigenvalue weighted by Gasteiger charge is 2.35. The van der Waals surface area contributed by atoms with Crippen molar-refractivity contribution in [2.24, 2.45) is 11.1 Å². The average Bonchev–Trinajstić information content (AvgIpc) is 2.37. The fraction of sp³-hybridized carbons (Fsp3) is 0.667. The van der Waals surface area contributed by atoms with E-state index >= 15 is 0 Å². The molecule has 0 bridgehead atoms. The number of fused-ring (bicyclic) bond motifs is 1. The summed E-state index contributed by atoms with van der Waals surface area (Å²) < 4.78 is 0. The minimum Gasteiger partial charge on any atom is -0.327 e. The molecular formula is C15H24N2. The molecule has 1 aliphatic rings. The Bertz CT molecular complexity index is 384. The maximum atomic E-state index is 6.51. The topological polar surface area (TPSA) is 38.9 Å². The Morgan fingerprint density at radius 1 is 1.53 bits per heavy atom. The van der Waals surface area contributed by atoms with Crippen LogP contribution in [0.1, 0.15) is 57.2 Å². The first-order valence-corrected chi connectivity index (χ1v) is 6.75. The summed E-state index contributed by atoms with van der Waals surface area (Å²) in [5.41, 5.74) is 9.37. The maximum absolute atomic E-state index is 6.51. The Labute approximate surface area is 105 Å². The average molecular weight is 232 g/mol. The van der Waals surface area contributed by atoms with Crippen LogP contribution >= 0.6 is 0 Å². The summed E-state index contributed by atoms with van der Waals surface area (Å²) in [5, 5.41) is 0. The molecule has 17 heavy (non-hydrogen) atoms. The summed E-state index contributed by atoms with van der Waals surface area (Å²) in [6.45, 7) is 6.77. The van der Waals surface area contributed by atoms with Crippen LogP contribution in [0, 0.1) is 5.41 Å². The molecule has 2 rings (SSSR count). The predicted octanol–water partition coefficient (Wildman–Crippen LogP) is 3.27. The Morgan fingerprint density at radius 3 is 3.00 bits per heavy atom. The van der Waals surface area contributed by atoms with Gasteiger partial charge in [0.25, 0.3) is 0 Å². The molecule has 2 unspecified atom stereocenters. The SMILES string of the molecule is CCC(C)(C)C(N)C1CCCc2cccnc21. The van der Waals surface area contributed by atoms with Gasteiger partial charge in [0.1, 0.15) is 0 Å². The Hall–Kier alpha value is -0.890. The number of hydrogen-bond donors (Lipinski definition) is 1. The molecule has 2 atom stereocenters. The zero-order valence-corrected chi connectivity index (χ0v) is 11.2. The molecule has 1 aromatic rings. The molecule has 0 fully saturated rings. The van der Waals surface area contributed by atoms with Crippen molar-refractivity contribution in [1.82, 2.24) is 4.98 Å². The number of nitrogens with two attached hydrogens (primary N) is 1. The van der Waals surface area contributed by atoms with Crippen molar-refractivity contribution in [2.75, 3.05) is 0 Å². The summed E-state index contributed by atoms with van der Waals surface area (Å²) >= 11 is 0. The van der Waals surface area contributed by atoms with E-state index in [0.29, 0.717) is 5.92 Å². The Morgan fingerprint density at radius 2 is 2.29 bits per heavy atom. The van der Waals surface area contributed by atoms with E-state index in [2.05, 4.69) is 31.8 Å². The molecule has 2 nitrogen and oxygen atoms in total. The lowest BCUT2D eigenvalue weighted by molar-refractivity contribution is 0.227. The van der Waals surface area contributed by atoms with Crippen LogP contribution in [-0.2, 0) is 6.42 Å². The zero-order valence-electron chi connectivity index (χ0n) is 11.2. The standard InChI is InChI=1S/C15H24N2/c1-4-15(2,3)14(16)12-9-5-7-11-8-6-10-17-13(11)12/h6,8,10,12,14H,4-5,7,9,16H2,1-3H3. The minimum absolute atomic E-state index is 0.191. The molecule has 0 radical (unpaired) electrons. The highest BCUT2D eigenvalue weighted by Crippen LogP contribution is 2.39. The van der Waals surface area contributed by atoms with Crippen molar-refractivity contribution >= 4 is 0 Å². The molecule has 2 N–H and O–H groups in total. The quantitative estimate of drug-likeness (QED) is 0.868. The van der Waals surface area contributed by atoms with Gasteiger partial charge in [0.2, 0.25) is 0 Å². The van der Waals surface area contributed by atoms with Gasteiger partial charge in [-0.1, -0.05) is 26.8 Å². The lowest BCUT2D eigenvalue weighted by Crippen LogP contribution is -2.43. The van der Waals surface area contributed by atoms with E-state index in [1.54, 1.807) is 0 Å². The van der Waals surface area contributed by atoms with Gasteiger partial charge in [-0.3, -0.25) is 4.98 Å². The van der Waals surface area contributed by atoms with Gasteiger partial charge >= 0.3 is 0 Å². The smallest absolute Gasteiger partial charge is 0.0482 e. The van der Waals surface area contributed by atoms with Gasteiger partial charge in [-0.05, 0) is 42.7 Å². The van der Waals surface area contributed by atoms with Crippen molar-refractivity contribution in [3.05, 3.63) is 29.6 Å².